The van der Waals surface area contributed by atoms with Crippen molar-refractivity contribution in [3.8, 4) is 0 Å². The Kier molecular flexibility index (Phi) is 4.12. The third kappa shape index (κ3) is 2.95. The molecule has 1 atom stereocenters. The molecule has 0 fully saturated rings. The number of nitrogens with zero attached hydrogens (tertiary/aromatic N) is 1. The Morgan fingerprint density at radius 1 is 1.47 bits per heavy atom. The Hall–Kier alpha value is -1.55. The second-order valence-electron chi connectivity index (χ2n) is 3.23. The third-order valence-electron chi connectivity index (χ3n) is 2.11. The standard InChI is InChI=1S/C11H16N2O2/c1-3-12-13(9(2)11(14)15)10-7-5-4-6-8-10/h4-9,12H,3H2,1-2H3,(H,14,15). The Labute approximate surface area is 89.5 Å². The maximum absolute atomic E-state index is 10.9. The van der Waals surface area contributed by atoms with Gasteiger partial charge in [-0.1, -0.05) is 25.1 Å². The quantitative estimate of drug-likeness (QED) is 0.720. The summed E-state index contributed by atoms with van der Waals surface area (Å²) in [5.41, 5.74) is 3.89. The fourth-order valence-corrected chi connectivity index (χ4v) is 1.32. The van der Waals surface area contributed by atoms with E-state index in [1.807, 2.05) is 37.3 Å². The van der Waals surface area contributed by atoms with Crippen molar-refractivity contribution in [1.82, 2.24) is 5.43 Å². The number of hydrogen-bond donors (Lipinski definition) is 2. The summed E-state index contributed by atoms with van der Waals surface area (Å²) in [6, 6.07) is 8.83. The van der Waals surface area contributed by atoms with Crippen molar-refractivity contribution >= 4 is 11.7 Å². The van der Waals surface area contributed by atoms with Gasteiger partial charge in [0.1, 0.15) is 6.04 Å². The van der Waals surface area contributed by atoms with Crippen molar-refractivity contribution in [3.05, 3.63) is 30.3 Å². The lowest BCUT2D eigenvalue weighted by atomic mass is 10.2. The zero-order chi connectivity index (χ0) is 11.3. The van der Waals surface area contributed by atoms with Crippen LogP contribution in [0.2, 0.25) is 0 Å². The van der Waals surface area contributed by atoms with Gasteiger partial charge in [-0.2, -0.15) is 0 Å². The molecule has 0 radical (unpaired) electrons. The number of anilines is 1. The van der Waals surface area contributed by atoms with Crippen LogP contribution in [0, 0.1) is 0 Å². The highest BCUT2D eigenvalue weighted by molar-refractivity contribution is 5.77. The summed E-state index contributed by atoms with van der Waals surface area (Å²) < 4.78 is 0. The predicted octanol–water partition coefficient (Wildman–Crippen LogP) is 1.49. The maximum Gasteiger partial charge on any atom is 0.327 e. The maximum atomic E-state index is 10.9. The average molecular weight is 208 g/mol. The smallest absolute Gasteiger partial charge is 0.327 e. The van der Waals surface area contributed by atoms with Crippen LogP contribution in [-0.4, -0.2) is 23.7 Å². The van der Waals surface area contributed by atoms with Gasteiger partial charge in [0, 0.05) is 6.54 Å². The Morgan fingerprint density at radius 3 is 2.53 bits per heavy atom. The molecule has 1 aromatic rings. The molecule has 1 unspecified atom stereocenters. The molecule has 0 heterocycles. The molecule has 0 bridgehead atoms. The SMILES string of the molecule is CCNN(c1ccccc1)C(C)C(=O)O. The molecule has 1 rings (SSSR count). The molecule has 4 nitrogen and oxygen atoms in total. The number of rotatable bonds is 5. The number of hydrazine groups is 1. The largest absolute Gasteiger partial charge is 0.480 e. The van der Waals surface area contributed by atoms with E-state index in [2.05, 4.69) is 5.43 Å². The molecule has 4 heteroatoms. The summed E-state index contributed by atoms with van der Waals surface area (Å²) in [5.74, 6) is -0.847. The number of hydrogen-bond acceptors (Lipinski definition) is 3. The van der Waals surface area contributed by atoms with E-state index in [0.717, 1.165) is 5.69 Å². The van der Waals surface area contributed by atoms with Gasteiger partial charge in [0.15, 0.2) is 0 Å². The average Bonchev–Trinajstić information content (AvgIpc) is 2.26. The van der Waals surface area contributed by atoms with Gasteiger partial charge < -0.3 is 5.11 Å². The van der Waals surface area contributed by atoms with E-state index < -0.39 is 12.0 Å². The van der Waals surface area contributed by atoms with Crippen molar-refractivity contribution in [2.45, 2.75) is 19.9 Å². The van der Waals surface area contributed by atoms with Crippen LogP contribution in [0.4, 0.5) is 5.69 Å². The molecule has 0 saturated carbocycles. The second-order valence-corrected chi connectivity index (χ2v) is 3.23. The van der Waals surface area contributed by atoms with Crippen LogP contribution in [0.5, 0.6) is 0 Å². The minimum Gasteiger partial charge on any atom is -0.480 e. The van der Waals surface area contributed by atoms with Gasteiger partial charge in [-0.3, -0.25) is 5.01 Å². The molecule has 2 N–H and O–H groups in total. The normalized spacial score (nSPS) is 12.1. The van der Waals surface area contributed by atoms with Crippen molar-refractivity contribution in [2.75, 3.05) is 11.6 Å². The van der Waals surface area contributed by atoms with E-state index >= 15 is 0 Å². The van der Waals surface area contributed by atoms with Gasteiger partial charge >= 0.3 is 5.97 Å². The molecular formula is C11H16N2O2. The van der Waals surface area contributed by atoms with E-state index in [0.29, 0.717) is 6.54 Å². The zero-order valence-electron chi connectivity index (χ0n) is 8.97. The van der Waals surface area contributed by atoms with Crippen LogP contribution in [0.3, 0.4) is 0 Å². The number of carboxylic acid groups (broad SMARTS) is 1. The fourth-order valence-electron chi connectivity index (χ4n) is 1.32. The molecule has 82 valence electrons. The van der Waals surface area contributed by atoms with Crippen molar-refractivity contribution in [1.29, 1.82) is 0 Å². The first kappa shape index (κ1) is 11.5. The van der Waals surface area contributed by atoms with Gasteiger partial charge in [-0.25, -0.2) is 10.2 Å². The second kappa shape index (κ2) is 5.36. The molecule has 0 aliphatic carbocycles. The molecule has 0 saturated heterocycles. The van der Waals surface area contributed by atoms with Gasteiger partial charge in [0.05, 0.1) is 5.69 Å². The van der Waals surface area contributed by atoms with Gasteiger partial charge in [0.25, 0.3) is 0 Å². The third-order valence-corrected chi connectivity index (χ3v) is 2.11. The number of carbonyl (C=O) groups is 1. The van der Waals surface area contributed by atoms with Crippen LogP contribution in [0.15, 0.2) is 30.3 Å². The topological polar surface area (TPSA) is 52.6 Å². The fraction of sp³-hybridized carbons (Fsp3) is 0.364. The first-order valence-corrected chi connectivity index (χ1v) is 4.97. The monoisotopic (exact) mass is 208 g/mol. The van der Waals surface area contributed by atoms with Crippen LogP contribution in [0.25, 0.3) is 0 Å². The molecule has 15 heavy (non-hydrogen) atoms. The number of aliphatic carboxylic acids is 1. The molecule has 0 aromatic heterocycles. The van der Waals surface area contributed by atoms with Gasteiger partial charge in [-0.15, -0.1) is 0 Å². The Balaban J connectivity index is 2.87. The van der Waals surface area contributed by atoms with Gasteiger partial charge in [-0.05, 0) is 19.1 Å². The van der Waals surface area contributed by atoms with Crippen LogP contribution >= 0.6 is 0 Å². The molecule has 0 aliphatic heterocycles. The van der Waals surface area contributed by atoms with Crippen molar-refractivity contribution < 1.29 is 9.90 Å². The number of carboxylic acids is 1. The lowest BCUT2D eigenvalue weighted by molar-refractivity contribution is -0.138. The Morgan fingerprint density at radius 2 is 2.07 bits per heavy atom. The van der Waals surface area contributed by atoms with Crippen LogP contribution in [0.1, 0.15) is 13.8 Å². The molecule has 1 aromatic carbocycles. The molecule has 0 spiro atoms. The summed E-state index contributed by atoms with van der Waals surface area (Å²) in [6.45, 7) is 4.27. The molecular weight excluding hydrogens is 192 g/mol. The highest BCUT2D eigenvalue weighted by Gasteiger charge is 2.19. The predicted molar refractivity (Wildman–Crippen MR) is 59.7 cm³/mol. The molecule has 0 aliphatic rings. The van der Waals surface area contributed by atoms with Crippen molar-refractivity contribution in [3.63, 3.8) is 0 Å². The van der Waals surface area contributed by atoms with Crippen LogP contribution < -0.4 is 10.4 Å². The summed E-state index contributed by atoms with van der Waals surface area (Å²) >= 11 is 0. The summed E-state index contributed by atoms with van der Waals surface area (Å²) in [5, 5.41) is 10.6. The van der Waals surface area contributed by atoms with Crippen LogP contribution in [-0.2, 0) is 4.79 Å². The first-order valence-electron chi connectivity index (χ1n) is 4.97. The summed E-state index contributed by atoms with van der Waals surface area (Å²) in [7, 11) is 0. The minimum atomic E-state index is -0.847. The lowest BCUT2D eigenvalue weighted by Crippen LogP contribution is -2.48. The number of para-hydroxylation sites is 1. The summed E-state index contributed by atoms with van der Waals surface area (Å²) in [6.07, 6.45) is 0. The van der Waals surface area contributed by atoms with E-state index in [9.17, 15) is 4.79 Å². The molecule has 0 amide bonds. The Bertz CT molecular complexity index is 314. The first-order chi connectivity index (χ1) is 7.16. The number of nitrogens with one attached hydrogen (secondary N) is 1. The highest BCUT2D eigenvalue weighted by atomic mass is 16.4. The highest BCUT2D eigenvalue weighted by Crippen LogP contribution is 2.13. The van der Waals surface area contributed by atoms with E-state index in [1.54, 1.807) is 11.9 Å². The minimum absolute atomic E-state index is 0.590. The van der Waals surface area contributed by atoms with Crippen molar-refractivity contribution in [2.24, 2.45) is 0 Å². The lowest BCUT2D eigenvalue weighted by Gasteiger charge is -2.28. The zero-order valence-corrected chi connectivity index (χ0v) is 8.97. The van der Waals surface area contributed by atoms with E-state index in [1.165, 1.54) is 0 Å². The number of benzene rings is 1. The summed E-state index contributed by atoms with van der Waals surface area (Å²) in [4.78, 5) is 10.9. The van der Waals surface area contributed by atoms with E-state index in [4.69, 9.17) is 5.11 Å². The van der Waals surface area contributed by atoms with E-state index in [-0.39, 0.29) is 0 Å². The van der Waals surface area contributed by atoms with Gasteiger partial charge in [0.2, 0.25) is 0 Å².